The van der Waals surface area contributed by atoms with E-state index in [0.717, 1.165) is 38.0 Å². The Morgan fingerprint density at radius 2 is 1.66 bits per heavy atom. The molecular weight excluding hydrogens is 410 g/mol. The van der Waals surface area contributed by atoms with Crippen LogP contribution in [0.25, 0.3) is 0 Å². The van der Waals surface area contributed by atoms with Crippen LogP contribution in [0.15, 0.2) is 57.2 Å². The summed E-state index contributed by atoms with van der Waals surface area (Å²) in [5, 5.41) is 0. The highest BCUT2D eigenvalue weighted by molar-refractivity contribution is 7.92. The molecule has 0 spiro atoms. The average Bonchev–Trinajstić information content (AvgIpc) is 2.83. The lowest BCUT2D eigenvalue weighted by Gasteiger charge is -2.21. The molecular formula is C21H25NO5S2. The van der Waals surface area contributed by atoms with Crippen LogP contribution in [0.5, 0.6) is 0 Å². The first-order valence-electron chi connectivity index (χ1n) is 9.91. The topological polar surface area (TPSA) is 89.5 Å². The molecule has 1 fully saturated rings. The Kier molecular flexibility index (Phi) is 5.79. The van der Waals surface area contributed by atoms with Crippen molar-refractivity contribution >= 4 is 19.9 Å². The summed E-state index contributed by atoms with van der Waals surface area (Å²) in [7, 11) is -7.54. The van der Waals surface area contributed by atoms with E-state index >= 15 is 0 Å². The first-order chi connectivity index (χ1) is 13.9. The Labute approximate surface area is 172 Å². The van der Waals surface area contributed by atoms with Gasteiger partial charge in [-0.25, -0.2) is 21.6 Å². The van der Waals surface area contributed by atoms with Crippen molar-refractivity contribution in [3.8, 4) is 0 Å². The van der Waals surface area contributed by atoms with Crippen LogP contribution in [0.3, 0.4) is 0 Å². The van der Waals surface area contributed by atoms with Crippen LogP contribution >= 0.6 is 0 Å². The molecule has 2 aromatic carbocycles. The van der Waals surface area contributed by atoms with Crippen LogP contribution < -0.4 is 4.72 Å². The van der Waals surface area contributed by atoms with Gasteiger partial charge >= 0.3 is 0 Å². The highest BCUT2D eigenvalue weighted by Gasteiger charge is 2.29. The quantitative estimate of drug-likeness (QED) is 0.780. The number of rotatable bonds is 5. The summed E-state index contributed by atoms with van der Waals surface area (Å²) in [6.45, 7) is 1.78. The number of hydrogen-bond donors (Lipinski definition) is 1. The maximum atomic E-state index is 13.2. The number of ether oxygens (including phenoxy) is 1. The summed E-state index contributed by atoms with van der Waals surface area (Å²) >= 11 is 0. The lowest BCUT2D eigenvalue weighted by Crippen LogP contribution is -2.28. The molecule has 0 amide bonds. The highest BCUT2D eigenvalue weighted by Crippen LogP contribution is 2.33. The van der Waals surface area contributed by atoms with Gasteiger partial charge < -0.3 is 4.74 Å². The van der Waals surface area contributed by atoms with Gasteiger partial charge in [0.25, 0.3) is 0 Å². The number of sulfonamides is 1. The van der Waals surface area contributed by atoms with E-state index in [0.29, 0.717) is 30.9 Å². The summed E-state index contributed by atoms with van der Waals surface area (Å²) in [6.07, 6.45) is 3.80. The Hall–Kier alpha value is -1.74. The van der Waals surface area contributed by atoms with Gasteiger partial charge in [0.1, 0.15) is 0 Å². The molecule has 2 aliphatic heterocycles. The van der Waals surface area contributed by atoms with Crippen molar-refractivity contribution in [2.45, 2.75) is 46.8 Å². The van der Waals surface area contributed by atoms with Gasteiger partial charge in [-0.2, -0.15) is 0 Å². The predicted molar refractivity (Wildman–Crippen MR) is 109 cm³/mol. The molecule has 8 heteroatoms. The molecule has 156 valence electrons. The number of aryl methyl sites for hydroxylation is 2. The fraction of sp³-hybridized carbons (Fsp3) is 0.429. The lowest BCUT2D eigenvalue weighted by molar-refractivity contribution is 0.0644. The number of hydrogen-bond acceptors (Lipinski definition) is 5. The summed E-state index contributed by atoms with van der Waals surface area (Å²) in [5.41, 5.74) is 1.42. The summed E-state index contributed by atoms with van der Waals surface area (Å²) in [4.78, 5) is 0.349. The molecule has 6 nitrogen and oxygen atoms in total. The van der Waals surface area contributed by atoms with Crippen LogP contribution in [-0.4, -0.2) is 36.6 Å². The van der Waals surface area contributed by atoms with Crippen molar-refractivity contribution < 1.29 is 21.6 Å². The summed E-state index contributed by atoms with van der Waals surface area (Å²) in [5.74, 6) is 0.454. The monoisotopic (exact) mass is 435 g/mol. The minimum atomic E-state index is -3.78. The molecule has 0 saturated carbocycles. The number of fused-ring (bicyclic) bond motifs is 2. The SMILES string of the molecule is O=S(=O)(NCCC1CCOCC1)c1ccc2c(c1)S(=O)(=O)c1ccccc1CC2. The zero-order chi connectivity index (χ0) is 20.5. The molecule has 0 radical (unpaired) electrons. The largest absolute Gasteiger partial charge is 0.381 e. The van der Waals surface area contributed by atoms with Gasteiger partial charge in [-0.15, -0.1) is 0 Å². The first-order valence-corrected chi connectivity index (χ1v) is 12.9. The third-order valence-corrected chi connectivity index (χ3v) is 9.14. The Morgan fingerprint density at radius 1 is 0.966 bits per heavy atom. The zero-order valence-corrected chi connectivity index (χ0v) is 17.8. The fourth-order valence-electron chi connectivity index (χ4n) is 4.03. The van der Waals surface area contributed by atoms with Gasteiger partial charge in [0, 0.05) is 19.8 Å². The van der Waals surface area contributed by atoms with E-state index in [9.17, 15) is 16.8 Å². The van der Waals surface area contributed by atoms with E-state index in [2.05, 4.69) is 4.72 Å². The standard InChI is InChI=1S/C21H25NO5S2/c23-28(24)20-4-2-1-3-17(20)5-6-18-7-8-19(15-21(18)28)29(25,26)22-12-9-16-10-13-27-14-11-16/h1-4,7-8,15-16,22H,5-6,9-14H2. The first kappa shape index (κ1) is 20.5. The van der Waals surface area contributed by atoms with Crippen LogP contribution in [0.4, 0.5) is 0 Å². The molecule has 29 heavy (non-hydrogen) atoms. The van der Waals surface area contributed by atoms with E-state index in [-0.39, 0.29) is 14.7 Å². The van der Waals surface area contributed by atoms with Crippen molar-refractivity contribution in [1.29, 1.82) is 0 Å². The fourth-order valence-corrected chi connectivity index (χ4v) is 6.99. The van der Waals surface area contributed by atoms with E-state index in [1.165, 1.54) is 12.1 Å². The van der Waals surface area contributed by atoms with Gasteiger partial charge in [0.15, 0.2) is 0 Å². The third kappa shape index (κ3) is 4.26. The van der Waals surface area contributed by atoms with Gasteiger partial charge in [0.2, 0.25) is 19.9 Å². The molecule has 4 rings (SSSR count). The van der Waals surface area contributed by atoms with Crippen LogP contribution in [0.1, 0.15) is 30.4 Å². The second kappa shape index (κ2) is 8.18. The third-order valence-electron chi connectivity index (χ3n) is 5.75. The second-order valence-corrected chi connectivity index (χ2v) is 11.3. The molecule has 0 bridgehead atoms. The maximum absolute atomic E-state index is 13.2. The summed E-state index contributed by atoms with van der Waals surface area (Å²) < 4.78 is 59.9. The maximum Gasteiger partial charge on any atom is 0.240 e. The van der Waals surface area contributed by atoms with Crippen molar-refractivity contribution in [2.75, 3.05) is 19.8 Å². The number of nitrogens with one attached hydrogen (secondary N) is 1. The molecule has 1 N–H and O–H groups in total. The molecule has 0 unspecified atom stereocenters. The number of benzene rings is 2. The molecule has 0 aromatic heterocycles. The lowest BCUT2D eigenvalue weighted by atomic mass is 9.97. The molecule has 0 aliphatic carbocycles. The van der Waals surface area contributed by atoms with Crippen LogP contribution in [-0.2, 0) is 37.4 Å². The Bertz CT molecular complexity index is 1100. The minimum absolute atomic E-state index is 0.00816. The zero-order valence-electron chi connectivity index (χ0n) is 16.1. The van der Waals surface area contributed by atoms with E-state index in [1.807, 2.05) is 12.1 Å². The summed E-state index contributed by atoms with van der Waals surface area (Å²) in [6, 6.07) is 11.4. The molecule has 2 aromatic rings. The van der Waals surface area contributed by atoms with E-state index in [1.54, 1.807) is 18.2 Å². The normalized spacial score (nSPS) is 19.2. The molecule has 1 saturated heterocycles. The van der Waals surface area contributed by atoms with Crippen LogP contribution in [0.2, 0.25) is 0 Å². The average molecular weight is 436 g/mol. The van der Waals surface area contributed by atoms with Gasteiger partial charge in [-0.05, 0) is 67.3 Å². The Morgan fingerprint density at radius 3 is 2.41 bits per heavy atom. The molecule has 0 atom stereocenters. The molecule has 2 heterocycles. The van der Waals surface area contributed by atoms with Crippen molar-refractivity contribution in [1.82, 2.24) is 4.72 Å². The van der Waals surface area contributed by atoms with Crippen molar-refractivity contribution in [3.05, 3.63) is 53.6 Å². The Balaban J connectivity index is 1.58. The molecule has 2 aliphatic rings. The smallest absolute Gasteiger partial charge is 0.240 e. The second-order valence-electron chi connectivity index (χ2n) is 7.62. The van der Waals surface area contributed by atoms with Gasteiger partial charge in [0.05, 0.1) is 14.7 Å². The predicted octanol–water partition coefficient (Wildman–Crippen LogP) is 2.71. The van der Waals surface area contributed by atoms with Crippen LogP contribution in [0, 0.1) is 5.92 Å². The number of sulfone groups is 1. The van der Waals surface area contributed by atoms with Crippen molar-refractivity contribution in [3.63, 3.8) is 0 Å². The van der Waals surface area contributed by atoms with E-state index in [4.69, 9.17) is 4.74 Å². The van der Waals surface area contributed by atoms with E-state index < -0.39 is 19.9 Å². The van der Waals surface area contributed by atoms with Gasteiger partial charge in [-0.3, -0.25) is 0 Å². The van der Waals surface area contributed by atoms with Crippen molar-refractivity contribution in [2.24, 2.45) is 5.92 Å². The minimum Gasteiger partial charge on any atom is -0.381 e. The highest BCUT2D eigenvalue weighted by atomic mass is 32.2. The van der Waals surface area contributed by atoms with Gasteiger partial charge in [-0.1, -0.05) is 24.3 Å².